The third-order valence-corrected chi connectivity index (χ3v) is 4.07. The van der Waals surface area contributed by atoms with Crippen molar-refractivity contribution in [3.05, 3.63) is 29.7 Å². The van der Waals surface area contributed by atoms with E-state index in [0.29, 0.717) is 18.5 Å². The Morgan fingerprint density at radius 3 is 2.68 bits per heavy atom. The molecule has 0 spiro atoms. The fourth-order valence-electron chi connectivity index (χ4n) is 2.71. The zero-order valence-corrected chi connectivity index (χ0v) is 13.9. The van der Waals surface area contributed by atoms with E-state index in [1.165, 1.54) is 0 Å². The molecule has 0 saturated carbocycles. The third-order valence-electron chi connectivity index (χ3n) is 4.07. The van der Waals surface area contributed by atoms with Crippen molar-refractivity contribution in [2.75, 3.05) is 6.54 Å². The Labute approximate surface area is 133 Å². The summed E-state index contributed by atoms with van der Waals surface area (Å²) in [5.41, 5.74) is 1.05. The van der Waals surface area contributed by atoms with Gasteiger partial charge in [0.15, 0.2) is 11.7 Å². The van der Waals surface area contributed by atoms with E-state index < -0.39 is 0 Å². The van der Waals surface area contributed by atoms with Gasteiger partial charge in [-0.1, -0.05) is 31.2 Å². The summed E-state index contributed by atoms with van der Waals surface area (Å²) in [7, 11) is 0. The van der Waals surface area contributed by atoms with Crippen LogP contribution in [0.15, 0.2) is 27.7 Å². The predicted octanol–water partition coefficient (Wildman–Crippen LogP) is 3.35. The molecule has 1 aromatic heterocycles. The summed E-state index contributed by atoms with van der Waals surface area (Å²) in [6, 6.07) is 2.50. The average Bonchev–Trinajstić information content (AvgIpc) is 3.18. The quantitative estimate of drug-likeness (QED) is 0.461. The Morgan fingerprint density at radius 1 is 1.32 bits per heavy atom. The van der Waals surface area contributed by atoms with Gasteiger partial charge >= 0.3 is 0 Å². The fraction of sp³-hybridized carbons (Fsp3) is 0.647. The first-order chi connectivity index (χ1) is 10.8. The molecule has 0 fully saturated rings. The minimum Gasteiger partial charge on any atom is -0.359 e. The second kappa shape index (κ2) is 8.61. The van der Waals surface area contributed by atoms with Crippen LogP contribution >= 0.6 is 0 Å². The zero-order valence-electron chi connectivity index (χ0n) is 13.9. The summed E-state index contributed by atoms with van der Waals surface area (Å²) in [4.78, 5) is 4.60. The lowest BCUT2D eigenvalue weighted by Crippen LogP contribution is -2.42. The maximum Gasteiger partial charge on any atom is 0.191 e. The smallest absolute Gasteiger partial charge is 0.191 e. The van der Waals surface area contributed by atoms with Gasteiger partial charge < -0.3 is 15.2 Å². The molecule has 0 aliphatic heterocycles. The van der Waals surface area contributed by atoms with Gasteiger partial charge in [0.25, 0.3) is 0 Å². The van der Waals surface area contributed by atoms with Crippen LogP contribution in [-0.2, 0) is 6.54 Å². The van der Waals surface area contributed by atoms with Crippen molar-refractivity contribution < 1.29 is 4.52 Å². The largest absolute Gasteiger partial charge is 0.359 e. The lowest BCUT2D eigenvalue weighted by atomic mass is 9.99. The Balaban J connectivity index is 1.94. The lowest BCUT2D eigenvalue weighted by molar-refractivity contribution is 0.372. The number of aromatic nitrogens is 1. The van der Waals surface area contributed by atoms with Crippen LogP contribution < -0.4 is 10.6 Å². The maximum absolute atomic E-state index is 5.42. The standard InChI is InChI=1S/C17H28N4O/c1-4-13(5-2)16-11-15(22-21-16)12-19-17(18-6-3)20-14-9-7-8-10-14/h7-8,11,13-14H,4-6,9-10,12H2,1-3H3,(H2,18,19,20). The number of hydrogen-bond acceptors (Lipinski definition) is 3. The highest BCUT2D eigenvalue weighted by atomic mass is 16.5. The summed E-state index contributed by atoms with van der Waals surface area (Å²) in [5.74, 6) is 2.15. The number of aliphatic imine (C=N–C) groups is 1. The van der Waals surface area contributed by atoms with Crippen LogP contribution in [0.3, 0.4) is 0 Å². The molecule has 2 rings (SSSR count). The molecule has 5 heteroatoms. The Kier molecular flexibility index (Phi) is 6.49. The SMILES string of the molecule is CCNC(=NCc1cc(C(CC)CC)no1)NC1CC=CC1. The second-order valence-corrected chi connectivity index (χ2v) is 5.71. The molecular weight excluding hydrogens is 276 g/mol. The molecule has 22 heavy (non-hydrogen) atoms. The number of nitrogens with one attached hydrogen (secondary N) is 2. The van der Waals surface area contributed by atoms with Crippen LogP contribution in [0.5, 0.6) is 0 Å². The molecule has 1 aromatic rings. The monoisotopic (exact) mass is 304 g/mol. The van der Waals surface area contributed by atoms with E-state index in [4.69, 9.17) is 4.52 Å². The highest BCUT2D eigenvalue weighted by molar-refractivity contribution is 5.80. The molecule has 0 saturated heterocycles. The molecular formula is C17H28N4O. The summed E-state index contributed by atoms with van der Waals surface area (Å²) in [5, 5.41) is 10.9. The minimum atomic E-state index is 0.452. The Bertz CT molecular complexity index is 495. The summed E-state index contributed by atoms with van der Waals surface area (Å²) >= 11 is 0. The van der Waals surface area contributed by atoms with Gasteiger partial charge in [-0.15, -0.1) is 0 Å². The molecule has 0 radical (unpaired) electrons. The van der Waals surface area contributed by atoms with Gasteiger partial charge in [0.05, 0.1) is 5.69 Å². The number of nitrogens with zero attached hydrogens (tertiary/aromatic N) is 2. The molecule has 122 valence electrons. The van der Waals surface area contributed by atoms with E-state index in [1.807, 2.05) is 6.07 Å². The predicted molar refractivity (Wildman–Crippen MR) is 89.9 cm³/mol. The highest BCUT2D eigenvalue weighted by Gasteiger charge is 2.14. The molecule has 5 nitrogen and oxygen atoms in total. The van der Waals surface area contributed by atoms with Crippen LogP contribution in [0.25, 0.3) is 0 Å². The molecule has 0 bridgehead atoms. The van der Waals surface area contributed by atoms with E-state index in [1.54, 1.807) is 0 Å². The molecule has 0 aromatic carbocycles. The first-order valence-electron chi connectivity index (χ1n) is 8.42. The van der Waals surface area contributed by atoms with E-state index in [-0.39, 0.29) is 0 Å². The zero-order chi connectivity index (χ0) is 15.8. The van der Waals surface area contributed by atoms with Crippen LogP contribution in [0.4, 0.5) is 0 Å². The van der Waals surface area contributed by atoms with Crippen molar-refractivity contribution >= 4 is 5.96 Å². The van der Waals surface area contributed by atoms with E-state index in [2.05, 4.69) is 53.7 Å². The fourth-order valence-corrected chi connectivity index (χ4v) is 2.71. The summed E-state index contributed by atoms with van der Waals surface area (Å²) < 4.78 is 5.42. The Morgan fingerprint density at radius 2 is 2.05 bits per heavy atom. The van der Waals surface area contributed by atoms with Gasteiger partial charge in [-0.2, -0.15) is 0 Å². The minimum absolute atomic E-state index is 0.452. The van der Waals surface area contributed by atoms with E-state index in [9.17, 15) is 0 Å². The number of rotatable bonds is 7. The molecule has 1 aliphatic rings. The van der Waals surface area contributed by atoms with Gasteiger partial charge in [-0.05, 0) is 32.6 Å². The van der Waals surface area contributed by atoms with Crippen molar-refractivity contribution in [2.24, 2.45) is 4.99 Å². The molecule has 0 amide bonds. The lowest BCUT2D eigenvalue weighted by Gasteiger charge is -2.16. The average molecular weight is 304 g/mol. The highest BCUT2D eigenvalue weighted by Crippen LogP contribution is 2.22. The molecule has 2 N–H and O–H groups in total. The van der Waals surface area contributed by atoms with E-state index in [0.717, 1.165) is 49.6 Å². The topological polar surface area (TPSA) is 62.5 Å². The van der Waals surface area contributed by atoms with Crippen LogP contribution in [-0.4, -0.2) is 23.7 Å². The summed E-state index contributed by atoms with van der Waals surface area (Å²) in [6.07, 6.45) is 8.71. The van der Waals surface area contributed by atoms with Crippen LogP contribution in [0.1, 0.15) is 63.8 Å². The third kappa shape index (κ3) is 4.61. The number of hydrogen-bond donors (Lipinski definition) is 2. The van der Waals surface area contributed by atoms with Crippen molar-refractivity contribution in [1.82, 2.24) is 15.8 Å². The van der Waals surface area contributed by atoms with Crippen LogP contribution in [0, 0.1) is 0 Å². The van der Waals surface area contributed by atoms with Gasteiger partial charge in [-0.25, -0.2) is 4.99 Å². The first-order valence-corrected chi connectivity index (χ1v) is 8.42. The van der Waals surface area contributed by atoms with Crippen molar-refractivity contribution in [3.63, 3.8) is 0 Å². The Hall–Kier alpha value is -1.78. The van der Waals surface area contributed by atoms with Gasteiger partial charge in [0.1, 0.15) is 6.54 Å². The molecule has 0 unspecified atom stereocenters. The first kappa shape index (κ1) is 16.6. The maximum atomic E-state index is 5.42. The van der Waals surface area contributed by atoms with Crippen molar-refractivity contribution in [3.8, 4) is 0 Å². The van der Waals surface area contributed by atoms with Crippen molar-refractivity contribution in [2.45, 2.75) is 65.0 Å². The molecule has 0 atom stereocenters. The van der Waals surface area contributed by atoms with Gasteiger partial charge in [0.2, 0.25) is 0 Å². The van der Waals surface area contributed by atoms with E-state index >= 15 is 0 Å². The molecule has 1 aliphatic carbocycles. The summed E-state index contributed by atoms with van der Waals surface area (Å²) in [6.45, 7) is 7.81. The second-order valence-electron chi connectivity index (χ2n) is 5.71. The van der Waals surface area contributed by atoms with Gasteiger partial charge in [-0.3, -0.25) is 0 Å². The van der Waals surface area contributed by atoms with Crippen LogP contribution in [0.2, 0.25) is 0 Å². The molecule has 1 heterocycles. The number of guanidine groups is 1. The van der Waals surface area contributed by atoms with Crippen molar-refractivity contribution in [1.29, 1.82) is 0 Å². The normalized spacial score (nSPS) is 15.7. The van der Waals surface area contributed by atoms with Gasteiger partial charge in [0, 0.05) is 24.6 Å².